The molecule has 0 saturated carbocycles. The van der Waals surface area contributed by atoms with Crippen LogP contribution < -0.4 is 0 Å². The van der Waals surface area contributed by atoms with Crippen molar-refractivity contribution in [3.63, 3.8) is 0 Å². The summed E-state index contributed by atoms with van der Waals surface area (Å²) in [4.78, 5) is 0. The van der Waals surface area contributed by atoms with E-state index >= 15 is 0 Å². The number of aryl methyl sites for hydroxylation is 2. The molecule has 0 aliphatic heterocycles. The van der Waals surface area contributed by atoms with E-state index in [1.807, 2.05) is 6.92 Å². The second-order valence-corrected chi connectivity index (χ2v) is 6.46. The molecule has 26 heavy (non-hydrogen) atoms. The monoisotopic (exact) mass is 364 g/mol. The number of hydrogen-bond acceptors (Lipinski definition) is 0. The normalized spacial score (nSPS) is 12.2. The molecule has 2 aromatic rings. The number of allylic oxidation sites excluding steroid dienone is 1. The average Bonchev–Trinajstić information content (AvgIpc) is 2.63. The Labute approximate surface area is 152 Å². The van der Waals surface area contributed by atoms with Crippen molar-refractivity contribution in [1.29, 1.82) is 0 Å². The minimum Gasteiger partial charge on any atom is -0.209 e. The van der Waals surface area contributed by atoms with Crippen LogP contribution in [0.4, 0.5) is 17.6 Å². The van der Waals surface area contributed by atoms with Gasteiger partial charge in [-0.15, -0.1) is 0 Å². The van der Waals surface area contributed by atoms with Crippen molar-refractivity contribution in [1.82, 2.24) is 0 Å². The van der Waals surface area contributed by atoms with Crippen LogP contribution in [0.15, 0.2) is 42.2 Å². The van der Waals surface area contributed by atoms with Gasteiger partial charge in [0.1, 0.15) is 17.5 Å². The largest absolute Gasteiger partial charge is 0.209 e. The maximum Gasteiger partial charge on any atom is 0.161 e. The van der Waals surface area contributed by atoms with Crippen molar-refractivity contribution >= 4 is 5.83 Å². The molecule has 0 amide bonds. The lowest BCUT2D eigenvalue weighted by Crippen LogP contribution is -2.00. The first kappa shape index (κ1) is 20.2. The fourth-order valence-electron chi connectivity index (χ4n) is 2.93. The molecule has 0 fully saturated rings. The third-order valence-corrected chi connectivity index (χ3v) is 4.29. The van der Waals surface area contributed by atoms with Gasteiger partial charge >= 0.3 is 0 Å². The minimum atomic E-state index is -0.838. The summed E-state index contributed by atoms with van der Waals surface area (Å²) in [7, 11) is 0. The molecule has 0 radical (unpaired) electrons. The first-order valence-electron chi connectivity index (χ1n) is 9.06. The zero-order valence-electron chi connectivity index (χ0n) is 15.2. The Kier molecular flexibility index (Phi) is 7.43. The number of halogens is 4. The lowest BCUT2D eigenvalue weighted by atomic mass is 9.99. The van der Waals surface area contributed by atoms with Crippen molar-refractivity contribution in [2.75, 3.05) is 0 Å². The number of hydrogen-bond donors (Lipinski definition) is 0. The standard InChI is InChI=1S/C22H24F4/c1-3-6-18-20(24)13-16(14-21(18)25)11-10-15-8-5-9-17(12-15)22(26)19(23)7-4-2/h5,8-9,12-14H,3-4,6-7,10-11H2,1-2H3/b22-19+. The maximum absolute atomic E-state index is 14.1. The fourth-order valence-corrected chi connectivity index (χ4v) is 2.93. The molecule has 0 aliphatic rings. The molecule has 2 rings (SSSR count). The highest BCUT2D eigenvalue weighted by Gasteiger charge is 2.12. The molecule has 0 atom stereocenters. The summed E-state index contributed by atoms with van der Waals surface area (Å²) < 4.78 is 55.8. The Morgan fingerprint density at radius 1 is 0.808 bits per heavy atom. The second-order valence-electron chi connectivity index (χ2n) is 6.46. The molecular weight excluding hydrogens is 340 g/mol. The molecule has 0 spiro atoms. The highest BCUT2D eigenvalue weighted by Crippen LogP contribution is 2.25. The van der Waals surface area contributed by atoms with Gasteiger partial charge < -0.3 is 0 Å². The summed E-state index contributed by atoms with van der Waals surface area (Å²) in [5.41, 5.74) is 1.67. The summed E-state index contributed by atoms with van der Waals surface area (Å²) in [6, 6.07) is 9.29. The van der Waals surface area contributed by atoms with Gasteiger partial charge in [-0.05, 0) is 55.0 Å². The van der Waals surface area contributed by atoms with Gasteiger partial charge in [0.05, 0.1) is 0 Å². The molecule has 0 N–H and O–H groups in total. The van der Waals surface area contributed by atoms with Crippen molar-refractivity contribution < 1.29 is 17.6 Å². The molecule has 0 aliphatic carbocycles. The Morgan fingerprint density at radius 2 is 1.46 bits per heavy atom. The molecule has 0 nitrogen and oxygen atoms in total. The summed E-state index contributed by atoms with van der Waals surface area (Å²) in [5, 5.41) is 0. The van der Waals surface area contributed by atoms with E-state index < -0.39 is 23.3 Å². The maximum atomic E-state index is 14.1. The molecule has 140 valence electrons. The Bertz CT molecular complexity index is 754. The molecule has 0 bridgehead atoms. The zero-order valence-corrected chi connectivity index (χ0v) is 15.2. The van der Waals surface area contributed by atoms with Gasteiger partial charge in [-0.3, -0.25) is 0 Å². The molecule has 2 aromatic carbocycles. The third kappa shape index (κ3) is 5.20. The molecule has 0 aromatic heterocycles. The van der Waals surface area contributed by atoms with Crippen LogP contribution in [-0.4, -0.2) is 0 Å². The number of benzene rings is 2. The van der Waals surface area contributed by atoms with E-state index in [4.69, 9.17) is 0 Å². The van der Waals surface area contributed by atoms with Crippen molar-refractivity contribution in [2.45, 2.75) is 52.4 Å². The van der Waals surface area contributed by atoms with Crippen molar-refractivity contribution in [3.05, 3.63) is 76.1 Å². The van der Waals surface area contributed by atoms with Crippen LogP contribution in [0.25, 0.3) is 5.83 Å². The smallest absolute Gasteiger partial charge is 0.161 e. The highest BCUT2D eigenvalue weighted by molar-refractivity contribution is 5.61. The van der Waals surface area contributed by atoms with E-state index in [1.54, 1.807) is 25.1 Å². The molecule has 4 heteroatoms. The topological polar surface area (TPSA) is 0 Å². The number of rotatable bonds is 8. The van der Waals surface area contributed by atoms with Gasteiger partial charge in [-0.2, -0.15) is 0 Å². The molecule has 0 unspecified atom stereocenters. The predicted molar refractivity (Wildman–Crippen MR) is 98.2 cm³/mol. The van der Waals surface area contributed by atoms with Crippen molar-refractivity contribution in [3.8, 4) is 0 Å². The predicted octanol–water partition coefficient (Wildman–Crippen LogP) is 7.11. The first-order valence-corrected chi connectivity index (χ1v) is 9.06. The van der Waals surface area contributed by atoms with Gasteiger partial charge in [0.2, 0.25) is 0 Å². The Hall–Kier alpha value is -2.10. The quantitative estimate of drug-likeness (QED) is 0.438. The van der Waals surface area contributed by atoms with Crippen LogP contribution in [0, 0.1) is 11.6 Å². The summed E-state index contributed by atoms with van der Waals surface area (Å²) in [6.07, 6.45) is 2.56. The Morgan fingerprint density at radius 3 is 2.08 bits per heavy atom. The van der Waals surface area contributed by atoms with Gasteiger partial charge in [0, 0.05) is 17.5 Å². The van der Waals surface area contributed by atoms with Crippen LogP contribution in [0.3, 0.4) is 0 Å². The summed E-state index contributed by atoms with van der Waals surface area (Å²) in [5.74, 6) is -2.63. The van der Waals surface area contributed by atoms with E-state index in [9.17, 15) is 17.6 Å². The molecule has 0 saturated heterocycles. The lowest BCUT2D eigenvalue weighted by molar-refractivity contribution is 0.549. The van der Waals surface area contributed by atoms with Crippen LogP contribution in [-0.2, 0) is 19.3 Å². The van der Waals surface area contributed by atoms with E-state index in [2.05, 4.69) is 0 Å². The van der Waals surface area contributed by atoms with Crippen LogP contribution in [0.2, 0.25) is 0 Å². The van der Waals surface area contributed by atoms with Gasteiger partial charge in [0.15, 0.2) is 5.83 Å². The minimum absolute atomic E-state index is 0.0682. The second kappa shape index (κ2) is 9.56. The zero-order chi connectivity index (χ0) is 19.1. The summed E-state index contributed by atoms with van der Waals surface area (Å²) >= 11 is 0. The highest BCUT2D eigenvalue weighted by atomic mass is 19.2. The Balaban J connectivity index is 2.13. The van der Waals surface area contributed by atoms with Crippen LogP contribution in [0.5, 0.6) is 0 Å². The summed E-state index contributed by atoms with van der Waals surface area (Å²) in [6.45, 7) is 3.66. The lowest BCUT2D eigenvalue weighted by Gasteiger charge is -2.09. The van der Waals surface area contributed by atoms with Crippen LogP contribution in [0.1, 0.15) is 55.4 Å². The van der Waals surface area contributed by atoms with Crippen molar-refractivity contribution in [2.24, 2.45) is 0 Å². The van der Waals surface area contributed by atoms with E-state index in [0.717, 1.165) is 5.56 Å². The average molecular weight is 364 g/mol. The van der Waals surface area contributed by atoms with E-state index in [-0.39, 0.29) is 17.5 Å². The van der Waals surface area contributed by atoms with E-state index in [0.29, 0.717) is 37.7 Å². The van der Waals surface area contributed by atoms with Gasteiger partial charge in [0.25, 0.3) is 0 Å². The first-order chi connectivity index (χ1) is 12.5. The van der Waals surface area contributed by atoms with Gasteiger partial charge in [-0.1, -0.05) is 38.5 Å². The van der Waals surface area contributed by atoms with Gasteiger partial charge in [-0.25, -0.2) is 17.6 Å². The molecular formula is C22H24F4. The SMILES string of the molecule is CCC/C(F)=C(\F)c1cccc(CCc2cc(F)c(CCC)c(F)c2)c1. The fraction of sp³-hybridized carbons (Fsp3) is 0.364. The van der Waals surface area contributed by atoms with E-state index in [1.165, 1.54) is 18.2 Å². The third-order valence-electron chi connectivity index (χ3n) is 4.29. The van der Waals surface area contributed by atoms with Crippen LogP contribution >= 0.6 is 0 Å². The molecule has 0 heterocycles.